The summed E-state index contributed by atoms with van der Waals surface area (Å²) < 4.78 is 41.0. The molecule has 0 N–H and O–H groups in total. The average Bonchev–Trinajstić information content (AvgIpc) is 3.05. The molecule has 2 aromatic heterocycles. The number of unbranched alkanes of at least 4 members (excludes halogenated alkanes) is 1. The number of halogens is 1. The Bertz CT molecular complexity index is 1840. The lowest BCUT2D eigenvalue weighted by atomic mass is 10.1. The van der Waals surface area contributed by atoms with Crippen LogP contribution >= 0.6 is 27.7 Å². The highest BCUT2D eigenvalue weighted by atomic mass is 79.9. The Kier molecular flexibility index (Phi) is 10.0. The maximum absolute atomic E-state index is 14.0. The molecular weight excluding hydrogens is 652 g/mol. The number of ether oxygens (including phenoxy) is 6. The summed E-state index contributed by atoms with van der Waals surface area (Å²) in [7, 11) is 7.57. The zero-order valence-electron chi connectivity index (χ0n) is 24.9. The molecule has 0 bridgehead atoms. The van der Waals surface area contributed by atoms with Gasteiger partial charge < -0.3 is 32.8 Å². The molecule has 0 unspecified atom stereocenters. The van der Waals surface area contributed by atoms with Crippen LogP contribution in [0.1, 0.15) is 12.8 Å². The molecule has 230 valence electrons. The average molecular weight is 684 g/mol. The number of thioether (sulfide) groups is 1. The minimum Gasteiger partial charge on any atom is -0.496 e. The minimum absolute atomic E-state index is 0.0505. The summed E-state index contributed by atoms with van der Waals surface area (Å²) >= 11 is 5.18. The molecule has 10 nitrogen and oxygen atoms in total. The largest absolute Gasteiger partial charge is 0.496 e. The summed E-state index contributed by atoms with van der Waals surface area (Å²) in [5, 5.41) is 2.16. The van der Waals surface area contributed by atoms with Gasteiger partial charge in [0.15, 0.2) is 17.3 Å². The quantitative estimate of drug-likeness (QED) is 0.0716. The second-order valence-corrected chi connectivity index (χ2v) is 11.4. The molecule has 0 radical (unpaired) electrons. The third-order valence-electron chi connectivity index (χ3n) is 6.86. The minimum atomic E-state index is -0.373. The standard InChI is InChI=1S/C32H31BrN2O8S/c1-37-20-15-23(38-2)27-24(16-20)43-29(18-12-25(39-3)30(41-5)26(13-18)40-4)31(28(27)36)42-10-6-7-11-44-32-21-14-19(33)8-9-22(21)34-17-35-32/h8-9,12-17H,6-7,10-11H2,1-5H3. The van der Waals surface area contributed by atoms with Crippen molar-refractivity contribution in [1.29, 1.82) is 0 Å². The fourth-order valence-electron chi connectivity index (χ4n) is 4.72. The normalized spacial score (nSPS) is 11.0. The summed E-state index contributed by atoms with van der Waals surface area (Å²) in [6, 6.07) is 12.6. The molecule has 0 saturated carbocycles. The Labute approximate surface area is 266 Å². The molecule has 0 aliphatic carbocycles. The Morgan fingerprint density at radius 1 is 0.818 bits per heavy atom. The number of nitrogens with zero attached hydrogens (tertiary/aromatic N) is 2. The van der Waals surface area contributed by atoms with Crippen LogP contribution in [0.25, 0.3) is 33.2 Å². The first-order chi connectivity index (χ1) is 21.4. The van der Waals surface area contributed by atoms with Gasteiger partial charge in [0.2, 0.25) is 16.9 Å². The summed E-state index contributed by atoms with van der Waals surface area (Å²) in [5.74, 6) is 3.08. The fraction of sp³-hybridized carbons (Fsp3) is 0.281. The van der Waals surface area contributed by atoms with Gasteiger partial charge in [-0.1, -0.05) is 15.9 Å². The van der Waals surface area contributed by atoms with Crippen LogP contribution in [0.3, 0.4) is 0 Å². The smallest absolute Gasteiger partial charge is 0.239 e. The van der Waals surface area contributed by atoms with E-state index in [2.05, 4.69) is 25.9 Å². The second kappa shape index (κ2) is 14.1. The van der Waals surface area contributed by atoms with Gasteiger partial charge in [-0.15, -0.1) is 11.8 Å². The molecule has 5 aromatic rings. The van der Waals surface area contributed by atoms with Gasteiger partial charge in [-0.05, 0) is 48.9 Å². The van der Waals surface area contributed by atoms with E-state index in [0.717, 1.165) is 32.6 Å². The van der Waals surface area contributed by atoms with Crippen molar-refractivity contribution in [2.75, 3.05) is 47.9 Å². The molecule has 3 aromatic carbocycles. The summed E-state index contributed by atoms with van der Waals surface area (Å²) in [4.78, 5) is 22.8. The molecule has 0 saturated heterocycles. The van der Waals surface area contributed by atoms with Gasteiger partial charge >= 0.3 is 0 Å². The Morgan fingerprint density at radius 3 is 2.25 bits per heavy atom. The van der Waals surface area contributed by atoms with Crippen LogP contribution in [0.2, 0.25) is 0 Å². The lowest BCUT2D eigenvalue weighted by Crippen LogP contribution is -2.12. The van der Waals surface area contributed by atoms with Gasteiger partial charge in [0.1, 0.15) is 33.8 Å². The lowest BCUT2D eigenvalue weighted by Gasteiger charge is -2.17. The van der Waals surface area contributed by atoms with E-state index >= 15 is 0 Å². The van der Waals surface area contributed by atoms with E-state index in [0.29, 0.717) is 40.7 Å². The van der Waals surface area contributed by atoms with Crippen LogP contribution < -0.4 is 33.8 Å². The number of hydrogen-bond donors (Lipinski definition) is 0. The van der Waals surface area contributed by atoms with Crippen molar-refractivity contribution in [3.05, 3.63) is 63.5 Å². The van der Waals surface area contributed by atoms with E-state index in [1.165, 1.54) is 35.5 Å². The molecule has 5 rings (SSSR count). The zero-order chi connectivity index (χ0) is 31.2. The summed E-state index contributed by atoms with van der Waals surface area (Å²) in [5.41, 5.74) is 1.31. The molecule has 2 heterocycles. The van der Waals surface area contributed by atoms with E-state index in [4.69, 9.17) is 32.8 Å². The predicted octanol–water partition coefficient (Wildman–Crippen LogP) is 7.16. The number of aromatic nitrogens is 2. The molecule has 0 amide bonds. The maximum atomic E-state index is 14.0. The summed E-state index contributed by atoms with van der Waals surface area (Å²) in [6.07, 6.45) is 3.09. The third-order valence-corrected chi connectivity index (χ3v) is 8.44. The van der Waals surface area contributed by atoms with Crippen molar-refractivity contribution in [1.82, 2.24) is 9.97 Å². The number of rotatable bonds is 13. The molecule has 12 heteroatoms. The first-order valence-electron chi connectivity index (χ1n) is 13.6. The van der Waals surface area contributed by atoms with Crippen LogP contribution in [-0.4, -0.2) is 57.9 Å². The topological polar surface area (TPSA) is 111 Å². The predicted molar refractivity (Wildman–Crippen MR) is 173 cm³/mol. The Morgan fingerprint density at radius 2 is 1.57 bits per heavy atom. The van der Waals surface area contributed by atoms with Crippen molar-refractivity contribution in [2.24, 2.45) is 0 Å². The lowest BCUT2D eigenvalue weighted by molar-refractivity contribution is 0.301. The van der Waals surface area contributed by atoms with Gasteiger partial charge in [-0.3, -0.25) is 4.79 Å². The van der Waals surface area contributed by atoms with Crippen LogP contribution in [0.4, 0.5) is 0 Å². The van der Waals surface area contributed by atoms with Gasteiger partial charge in [0.25, 0.3) is 0 Å². The fourth-order valence-corrected chi connectivity index (χ4v) is 6.07. The molecule has 0 spiro atoms. The maximum Gasteiger partial charge on any atom is 0.239 e. The monoisotopic (exact) mass is 682 g/mol. The SMILES string of the molecule is COc1cc(OC)c2c(=O)c(OCCCCSc3ncnc4ccc(Br)cc34)c(-c3cc(OC)c(OC)c(OC)c3)oc2c1. The Balaban J connectivity index is 1.44. The molecule has 0 aliphatic heterocycles. The van der Waals surface area contributed by atoms with Crippen LogP contribution in [0, 0.1) is 0 Å². The number of methoxy groups -OCH3 is 5. The van der Waals surface area contributed by atoms with Crippen molar-refractivity contribution < 1.29 is 32.8 Å². The van der Waals surface area contributed by atoms with Crippen molar-refractivity contribution in [2.45, 2.75) is 17.9 Å². The number of hydrogen-bond acceptors (Lipinski definition) is 11. The molecule has 44 heavy (non-hydrogen) atoms. The van der Waals surface area contributed by atoms with E-state index in [9.17, 15) is 4.79 Å². The van der Waals surface area contributed by atoms with Crippen molar-refractivity contribution >= 4 is 49.6 Å². The molecule has 0 fully saturated rings. The highest BCUT2D eigenvalue weighted by Gasteiger charge is 2.24. The van der Waals surface area contributed by atoms with E-state index < -0.39 is 0 Å². The van der Waals surface area contributed by atoms with Crippen LogP contribution in [-0.2, 0) is 0 Å². The Hall–Kier alpha value is -4.16. The highest BCUT2D eigenvalue weighted by molar-refractivity contribution is 9.10. The molecule has 0 atom stereocenters. The zero-order valence-corrected chi connectivity index (χ0v) is 27.3. The van der Waals surface area contributed by atoms with Gasteiger partial charge in [0, 0.05) is 27.6 Å². The first kappa shape index (κ1) is 31.3. The van der Waals surface area contributed by atoms with E-state index in [1.54, 1.807) is 42.4 Å². The van der Waals surface area contributed by atoms with Crippen LogP contribution in [0.15, 0.2) is 67.5 Å². The van der Waals surface area contributed by atoms with Crippen molar-refractivity contribution in [3.8, 4) is 45.8 Å². The molecular formula is C32H31BrN2O8S. The van der Waals surface area contributed by atoms with E-state index in [1.807, 2.05) is 18.2 Å². The second-order valence-electron chi connectivity index (χ2n) is 9.45. The number of benzene rings is 3. The molecule has 0 aliphatic rings. The number of fused-ring (bicyclic) bond motifs is 2. The van der Waals surface area contributed by atoms with Gasteiger partial charge in [-0.2, -0.15) is 0 Å². The van der Waals surface area contributed by atoms with Crippen LogP contribution in [0.5, 0.6) is 34.5 Å². The van der Waals surface area contributed by atoms with Gasteiger partial charge in [0.05, 0.1) is 47.7 Å². The highest BCUT2D eigenvalue weighted by Crippen LogP contribution is 2.44. The van der Waals surface area contributed by atoms with Crippen molar-refractivity contribution in [3.63, 3.8) is 0 Å². The third kappa shape index (κ3) is 6.36. The van der Waals surface area contributed by atoms with E-state index in [-0.39, 0.29) is 34.5 Å². The summed E-state index contributed by atoms with van der Waals surface area (Å²) in [6.45, 7) is 0.281. The first-order valence-corrected chi connectivity index (χ1v) is 15.4. The van der Waals surface area contributed by atoms with Gasteiger partial charge in [-0.25, -0.2) is 9.97 Å².